The first kappa shape index (κ1) is 7.05. The van der Waals surface area contributed by atoms with Crippen molar-refractivity contribution in [1.29, 1.82) is 0 Å². The summed E-state index contributed by atoms with van der Waals surface area (Å²) in [6, 6.07) is 6.07. The van der Waals surface area contributed by atoms with Crippen molar-refractivity contribution in [3.05, 3.63) is 29.8 Å². The second-order valence-corrected chi connectivity index (χ2v) is 1.93. The summed E-state index contributed by atoms with van der Waals surface area (Å²) < 4.78 is 0. The van der Waals surface area contributed by atoms with Crippen LogP contribution >= 0.6 is 0 Å². The standard InChI is InChI=1S/C7H8O3/c8-6-4-2-1-3-5(6)7(9)10/h1-4,7-10H. The van der Waals surface area contributed by atoms with Crippen LogP contribution in [-0.2, 0) is 0 Å². The molecule has 1 aromatic carbocycles. The number of phenolic OH excluding ortho intramolecular Hbond substituents is 1. The highest BCUT2D eigenvalue weighted by atomic mass is 16.5. The molecule has 3 N–H and O–H groups in total. The maximum Gasteiger partial charge on any atom is 0.182 e. The number of hydrogen-bond donors (Lipinski definition) is 3. The second-order valence-electron chi connectivity index (χ2n) is 1.93. The molecule has 54 valence electrons. The Hall–Kier alpha value is -1.06. The molecule has 0 aliphatic carbocycles. The largest absolute Gasteiger partial charge is 0.507 e. The Labute approximate surface area is 58.2 Å². The Balaban J connectivity index is 3.03. The zero-order chi connectivity index (χ0) is 7.56. The number of aromatic hydroxyl groups is 1. The van der Waals surface area contributed by atoms with E-state index >= 15 is 0 Å². The van der Waals surface area contributed by atoms with Gasteiger partial charge in [0.2, 0.25) is 0 Å². The Morgan fingerprint density at radius 3 is 2.10 bits per heavy atom. The minimum atomic E-state index is -1.60. The number of hydrogen-bond acceptors (Lipinski definition) is 3. The van der Waals surface area contributed by atoms with Gasteiger partial charge in [-0.25, -0.2) is 0 Å². The van der Waals surface area contributed by atoms with Crippen molar-refractivity contribution in [2.45, 2.75) is 6.29 Å². The maximum atomic E-state index is 8.96. The van der Waals surface area contributed by atoms with Crippen molar-refractivity contribution in [2.75, 3.05) is 0 Å². The van der Waals surface area contributed by atoms with Gasteiger partial charge in [-0.2, -0.15) is 0 Å². The molecule has 0 heterocycles. The van der Waals surface area contributed by atoms with E-state index in [4.69, 9.17) is 15.3 Å². The first-order chi connectivity index (χ1) is 4.72. The zero-order valence-corrected chi connectivity index (χ0v) is 5.23. The maximum absolute atomic E-state index is 8.96. The molecule has 0 saturated carbocycles. The molecule has 0 spiro atoms. The number of aliphatic hydroxyl groups is 2. The van der Waals surface area contributed by atoms with Crippen molar-refractivity contribution in [1.82, 2.24) is 0 Å². The number of benzene rings is 1. The van der Waals surface area contributed by atoms with Gasteiger partial charge in [0.05, 0.1) is 0 Å². The van der Waals surface area contributed by atoms with Crippen LogP contribution < -0.4 is 0 Å². The summed E-state index contributed by atoms with van der Waals surface area (Å²) in [5.74, 6) is -0.0995. The summed E-state index contributed by atoms with van der Waals surface area (Å²) in [4.78, 5) is 0. The van der Waals surface area contributed by atoms with Crippen LogP contribution in [0, 0.1) is 0 Å². The van der Waals surface area contributed by atoms with Crippen LogP contribution in [0.4, 0.5) is 0 Å². The fourth-order valence-corrected chi connectivity index (χ4v) is 0.706. The third-order valence-corrected chi connectivity index (χ3v) is 1.21. The summed E-state index contributed by atoms with van der Waals surface area (Å²) in [7, 11) is 0. The second kappa shape index (κ2) is 2.68. The molecule has 1 aromatic rings. The predicted molar refractivity (Wildman–Crippen MR) is 35.3 cm³/mol. The topological polar surface area (TPSA) is 60.7 Å². The highest BCUT2D eigenvalue weighted by Crippen LogP contribution is 2.20. The van der Waals surface area contributed by atoms with Crippen LogP contribution in [0.15, 0.2) is 24.3 Å². The molecule has 0 bridgehead atoms. The van der Waals surface area contributed by atoms with Crippen molar-refractivity contribution in [3.8, 4) is 5.75 Å². The van der Waals surface area contributed by atoms with Crippen LogP contribution in [0.1, 0.15) is 11.9 Å². The molecule has 3 heteroatoms. The third kappa shape index (κ3) is 1.26. The monoisotopic (exact) mass is 140 g/mol. The summed E-state index contributed by atoms with van der Waals surface area (Å²) in [6.45, 7) is 0. The summed E-state index contributed by atoms with van der Waals surface area (Å²) in [5, 5.41) is 26.2. The lowest BCUT2D eigenvalue weighted by Crippen LogP contribution is -1.93. The highest BCUT2D eigenvalue weighted by molar-refractivity contribution is 5.32. The van der Waals surface area contributed by atoms with Crippen LogP contribution in [-0.4, -0.2) is 15.3 Å². The van der Waals surface area contributed by atoms with Gasteiger partial charge in [-0.15, -0.1) is 0 Å². The van der Waals surface area contributed by atoms with E-state index in [1.165, 1.54) is 12.1 Å². The molecule has 0 aliphatic heterocycles. The first-order valence-corrected chi connectivity index (χ1v) is 2.86. The van der Waals surface area contributed by atoms with E-state index in [1.54, 1.807) is 12.1 Å². The predicted octanol–water partition coefficient (Wildman–Crippen LogP) is 0.375. The fourth-order valence-electron chi connectivity index (χ4n) is 0.706. The SMILES string of the molecule is Oc1ccccc1C(O)O. The van der Waals surface area contributed by atoms with Gasteiger partial charge in [-0.3, -0.25) is 0 Å². The first-order valence-electron chi connectivity index (χ1n) is 2.86. The fraction of sp³-hybridized carbons (Fsp3) is 0.143. The molecule has 0 unspecified atom stereocenters. The molecule has 0 atom stereocenters. The molecular formula is C7H8O3. The Morgan fingerprint density at radius 2 is 1.70 bits per heavy atom. The zero-order valence-electron chi connectivity index (χ0n) is 5.23. The minimum absolute atomic E-state index is 0.0995. The van der Waals surface area contributed by atoms with Crippen molar-refractivity contribution >= 4 is 0 Å². The van der Waals surface area contributed by atoms with Gasteiger partial charge in [-0.05, 0) is 6.07 Å². The smallest absolute Gasteiger partial charge is 0.182 e. The van der Waals surface area contributed by atoms with Crippen molar-refractivity contribution < 1.29 is 15.3 Å². The lowest BCUT2D eigenvalue weighted by Gasteiger charge is -2.04. The molecule has 0 aliphatic rings. The Kier molecular flexibility index (Phi) is 1.89. The summed E-state index contributed by atoms with van der Waals surface area (Å²) in [5.41, 5.74) is 0.127. The van der Waals surface area contributed by atoms with Crippen molar-refractivity contribution in [3.63, 3.8) is 0 Å². The van der Waals surface area contributed by atoms with E-state index in [0.717, 1.165) is 0 Å². The number of rotatable bonds is 1. The van der Waals surface area contributed by atoms with E-state index in [1.807, 2.05) is 0 Å². The van der Waals surface area contributed by atoms with Gasteiger partial charge in [0.1, 0.15) is 5.75 Å². The van der Waals surface area contributed by atoms with Crippen LogP contribution in [0.25, 0.3) is 0 Å². The number of phenols is 1. The summed E-state index contributed by atoms with van der Waals surface area (Å²) >= 11 is 0. The number of para-hydroxylation sites is 1. The lowest BCUT2D eigenvalue weighted by atomic mass is 10.2. The Bertz CT molecular complexity index is 220. The van der Waals surface area contributed by atoms with Gasteiger partial charge in [0.25, 0.3) is 0 Å². The van der Waals surface area contributed by atoms with E-state index in [2.05, 4.69) is 0 Å². The van der Waals surface area contributed by atoms with E-state index in [-0.39, 0.29) is 11.3 Å². The van der Waals surface area contributed by atoms with Crippen LogP contribution in [0.2, 0.25) is 0 Å². The van der Waals surface area contributed by atoms with Gasteiger partial charge in [0.15, 0.2) is 6.29 Å². The van der Waals surface area contributed by atoms with Gasteiger partial charge < -0.3 is 15.3 Å². The highest BCUT2D eigenvalue weighted by Gasteiger charge is 2.05. The van der Waals surface area contributed by atoms with E-state index in [9.17, 15) is 0 Å². The van der Waals surface area contributed by atoms with Crippen LogP contribution in [0.5, 0.6) is 5.75 Å². The molecule has 0 radical (unpaired) electrons. The molecule has 0 amide bonds. The molecule has 0 fully saturated rings. The molecule has 3 nitrogen and oxygen atoms in total. The van der Waals surface area contributed by atoms with E-state index < -0.39 is 6.29 Å². The van der Waals surface area contributed by atoms with Crippen molar-refractivity contribution in [2.24, 2.45) is 0 Å². The normalized spacial score (nSPS) is 10.3. The number of aliphatic hydroxyl groups excluding tert-OH is 1. The minimum Gasteiger partial charge on any atom is -0.507 e. The molecule has 0 aromatic heterocycles. The van der Waals surface area contributed by atoms with Gasteiger partial charge in [0, 0.05) is 5.56 Å². The van der Waals surface area contributed by atoms with Gasteiger partial charge >= 0.3 is 0 Å². The average Bonchev–Trinajstić information content (AvgIpc) is 1.88. The van der Waals surface area contributed by atoms with E-state index in [0.29, 0.717) is 0 Å². The average molecular weight is 140 g/mol. The quantitative estimate of drug-likeness (QED) is 0.494. The molecular weight excluding hydrogens is 132 g/mol. The molecule has 1 rings (SSSR count). The Morgan fingerprint density at radius 1 is 1.10 bits per heavy atom. The van der Waals surface area contributed by atoms with Crippen LogP contribution in [0.3, 0.4) is 0 Å². The summed E-state index contributed by atoms with van der Waals surface area (Å²) in [6.07, 6.45) is -1.60. The molecule has 0 saturated heterocycles. The van der Waals surface area contributed by atoms with Gasteiger partial charge in [-0.1, -0.05) is 18.2 Å². The lowest BCUT2D eigenvalue weighted by molar-refractivity contribution is -0.0438. The molecule has 10 heavy (non-hydrogen) atoms. The third-order valence-electron chi connectivity index (χ3n) is 1.21.